The van der Waals surface area contributed by atoms with Gasteiger partial charge in [0.05, 0.1) is 11.1 Å². The molecule has 0 N–H and O–H groups in total. The van der Waals surface area contributed by atoms with Crippen molar-refractivity contribution in [3.05, 3.63) is 77.1 Å². The molecule has 2 saturated carbocycles. The lowest BCUT2D eigenvalue weighted by atomic mass is 9.64. The lowest BCUT2D eigenvalue weighted by molar-refractivity contribution is -0.275. The average Bonchev–Trinajstić information content (AvgIpc) is 2.80. The van der Waals surface area contributed by atoms with Crippen LogP contribution < -0.4 is 4.74 Å². The van der Waals surface area contributed by atoms with Gasteiger partial charge >= 0.3 is 6.36 Å². The predicted octanol–water partition coefficient (Wildman–Crippen LogP) is 7.89. The summed E-state index contributed by atoms with van der Waals surface area (Å²) in [6, 6.07) is 6.26. The molecule has 0 bridgehead atoms. The number of allylic oxidation sites excluding steroid dienone is 1. The first-order valence-corrected chi connectivity index (χ1v) is 11.3. The van der Waals surface area contributed by atoms with E-state index in [1.54, 1.807) is 0 Å². The highest BCUT2D eigenvalue weighted by Gasteiger charge is 2.35. The largest absolute Gasteiger partial charge is 0.573 e. The quantitative estimate of drug-likeness (QED) is 0.248. The molecule has 0 heterocycles. The fourth-order valence-corrected chi connectivity index (χ4v) is 5.30. The van der Waals surface area contributed by atoms with Gasteiger partial charge in [-0.25, -0.2) is 8.78 Å². The van der Waals surface area contributed by atoms with Gasteiger partial charge in [0.25, 0.3) is 0 Å². The number of hydrogen-bond acceptors (Lipinski definition) is 1. The van der Waals surface area contributed by atoms with Crippen molar-refractivity contribution in [1.82, 2.24) is 0 Å². The first-order chi connectivity index (χ1) is 16.1. The van der Waals surface area contributed by atoms with Crippen molar-refractivity contribution in [2.45, 2.75) is 50.8 Å². The van der Waals surface area contributed by atoms with Crippen LogP contribution in [0.15, 0.2) is 43.0 Å². The van der Waals surface area contributed by atoms with Gasteiger partial charge in [-0.1, -0.05) is 24.0 Å². The summed E-state index contributed by atoms with van der Waals surface area (Å²) < 4.78 is 82.9. The lowest BCUT2D eigenvalue weighted by Crippen LogP contribution is -2.30. The monoisotopic (exact) mass is 478 g/mol. The predicted molar refractivity (Wildman–Crippen MR) is 117 cm³/mol. The molecule has 2 aliphatic carbocycles. The molecule has 0 aromatic heterocycles. The summed E-state index contributed by atoms with van der Waals surface area (Å²) in [4.78, 5) is 0. The molecule has 2 aliphatic rings. The maximum Gasteiger partial charge on any atom is 0.573 e. The van der Waals surface area contributed by atoms with Crippen LogP contribution in [0, 0.1) is 47.0 Å². The molecule has 2 fully saturated rings. The second-order valence-corrected chi connectivity index (χ2v) is 9.12. The Kier molecular flexibility index (Phi) is 6.97. The van der Waals surface area contributed by atoms with E-state index < -0.39 is 35.1 Å². The number of hydrogen-bond donors (Lipinski definition) is 0. The first kappa shape index (κ1) is 24.3. The third-order valence-electron chi connectivity index (χ3n) is 7.06. The molecule has 1 nitrogen and oxygen atoms in total. The maximum atomic E-state index is 14.7. The summed E-state index contributed by atoms with van der Waals surface area (Å²) >= 11 is 0. The van der Waals surface area contributed by atoms with Crippen LogP contribution >= 0.6 is 0 Å². The number of halogens is 6. The van der Waals surface area contributed by atoms with Gasteiger partial charge in [-0.2, -0.15) is 4.39 Å². The topological polar surface area (TPSA) is 9.23 Å². The van der Waals surface area contributed by atoms with E-state index in [-0.39, 0.29) is 11.5 Å². The van der Waals surface area contributed by atoms with Crippen LogP contribution in [0.25, 0.3) is 0 Å². The molecule has 4 rings (SSSR count). The summed E-state index contributed by atoms with van der Waals surface area (Å²) in [5.74, 6) is 1.69. The molecule has 34 heavy (non-hydrogen) atoms. The van der Waals surface area contributed by atoms with Crippen molar-refractivity contribution in [1.29, 1.82) is 0 Å². The molecule has 0 spiro atoms. The second-order valence-electron chi connectivity index (χ2n) is 9.12. The van der Waals surface area contributed by atoms with Crippen LogP contribution in [0.5, 0.6) is 5.75 Å². The standard InChI is InChI=1S/C27H24F6O/c1-2-16-3-4-20-14-21(10-9-19(20)13-16)22-8-6-17(23(28)15-22)5-7-18-11-12-24(26(30)25(18)29)34-27(31,32)33/h2,6,8,11-12,15-16,19-21H,1,3-4,9-10,13-14H2. The minimum Gasteiger partial charge on any atom is -0.403 e. The first-order valence-electron chi connectivity index (χ1n) is 11.3. The van der Waals surface area contributed by atoms with E-state index in [2.05, 4.69) is 29.2 Å². The van der Waals surface area contributed by atoms with Gasteiger partial charge in [0.2, 0.25) is 5.82 Å². The van der Waals surface area contributed by atoms with Gasteiger partial charge in [0.15, 0.2) is 11.6 Å². The second kappa shape index (κ2) is 9.77. The van der Waals surface area contributed by atoms with Crippen LogP contribution in [0.1, 0.15) is 61.1 Å². The molecule has 0 amide bonds. The van der Waals surface area contributed by atoms with Crippen molar-refractivity contribution in [3.63, 3.8) is 0 Å². The molecule has 0 aliphatic heterocycles. The Labute approximate surface area is 194 Å². The van der Waals surface area contributed by atoms with E-state index in [1.165, 1.54) is 25.0 Å². The summed E-state index contributed by atoms with van der Waals surface area (Å²) in [7, 11) is 0. The smallest absolute Gasteiger partial charge is 0.403 e. The van der Waals surface area contributed by atoms with Gasteiger partial charge in [0, 0.05) is 0 Å². The van der Waals surface area contributed by atoms with E-state index in [0.29, 0.717) is 23.8 Å². The molecular formula is C27H24F6O. The Hall–Kier alpha value is -2.88. The zero-order chi connectivity index (χ0) is 24.5. The van der Waals surface area contributed by atoms with Crippen LogP contribution in [0.2, 0.25) is 0 Å². The van der Waals surface area contributed by atoms with E-state index in [0.717, 1.165) is 37.3 Å². The third-order valence-corrected chi connectivity index (χ3v) is 7.06. The van der Waals surface area contributed by atoms with Crippen molar-refractivity contribution in [2.75, 3.05) is 0 Å². The van der Waals surface area contributed by atoms with Crippen molar-refractivity contribution in [3.8, 4) is 17.6 Å². The van der Waals surface area contributed by atoms with Gasteiger partial charge < -0.3 is 4.74 Å². The van der Waals surface area contributed by atoms with Crippen molar-refractivity contribution >= 4 is 0 Å². The fourth-order valence-electron chi connectivity index (χ4n) is 5.30. The number of benzene rings is 2. The van der Waals surface area contributed by atoms with E-state index in [9.17, 15) is 26.3 Å². The minimum atomic E-state index is -5.16. The molecule has 2 aromatic carbocycles. The van der Waals surface area contributed by atoms with Gasteiger partial charge in [0.1, 0.15) is 5.82 Å². The summed E-state index contributed by atoms with van der Waals surface area (Å²) in [6.07, 6.45) is 3.53. The highest BCUT2D eigenvalue weighted by Crippen LogP contribution is 2.47. The molecule has 7 heteroatoms. The Morgan fingerprint density at radius 1 is 0.853 bits per heavy atom. The van der Waals surface area contributed by atoms with Crippen molar-refractivity contribution in [2.24, 2.45) is 17.8 Å². The summed E-state index contributed by atoms with van der Waals surface area (Å²) in [6.45, 7) is 3.92. The van der Waals surface area contributed by atoms with Crippen LogP contribution in [-0.2, 0) is 0 Å². The molecule has 4 atom stereocenters. The fraction of sp³-hybridized carbons (Fsp3) is 0.407. The van der Waals surface area contributed by atoms with E-state index >= 15 is 0 Å². The van der Waals surface area contributed by atoms with Crippen LogP contribution in [0.3, 0.4) is 0 Å². The van der Waals surface area contributed by atoms with E-state index in [4.69, 9.17) is 0 Å². The summed E-state index contributed by atoms with van der Waals surface area (Å²) in [5.41, 5.74) is 0.404. The zero-order valence-electron chi connectivity index (χ0n) is 18.4. The number of fused-ring (bicyclic) bond motifs is 1. The number of rotatable bonds is 3. The molecule has 0 saturated heterocycles. The molecule has 0 radical (unpaired) electrons. The Bertz CT molecular complexity index is 1130. The lowest BCUT2D eigenvalue weighted by Gasteiger charge is -2.41. The SMILES string of the molecule is C=CC1CCC2CC(c3ccc(C#Cc4ccc(OC(F)(F)F)c(F)c4F)c(F)c3)CCC2C1. The van der Waals surface area contributed by atoms with Crippen LogP contribution in [0.4, 0.5) is 26.3 Å². The van der Waals surface area contributed by atoms with Gasteiger partial charge in [-0.05, 0) is 92.0 Å². The Balaban J connectivity index is 1.47. The normalized spacial score (nSPS) is 24.5. The third kappa shape index (κ3) is 5.43. The maximum absolute atomic E-state index is 14.7. The molecule has 4 unspecified atom stereocenters. The Morgan fingerprint density at radius 2 is 1.53 bits per heavy atom. The van der Waals surface area contributed by atoms with Crippen LogP contribution in [-0.4, -0.2) is 6.36 Å². The van der Waals surface area contributed by atoms with Crippen molar-refractivity contribution < 1.29 is 31.1 Å². The average molecular weight is 478 g/mol. The summed E-state index contributed by atoms with van der Waals surface area (Å²) in [5, 5.41) is 0. The minimum absolute atomic E-state index is 0.000599. The Morgan fingerprint density at radius 3 is 2.24 bits per heavy atom. The highest BCUT2D eigenvalue weighted by molar-refractivity contribution is 5.47. The number of alkyl halides is 3. The van der Waals surface area contributed by atoms with Gasteiger partial charge in [-0.3, -0.25) is 0 Å². The number of ether oxygens (including phenoxy) is 1. The molecule has 2 aromatic rings. The van der Waals surface area contributed by atoms with Gasteiger partial charge in [-0.15, -0.1) is 19.8 Å². The highest BCUT2D eigenvalue weighted by atomic mass is 19.4. The van der Waals surface area contributed by atoms with E-state index in [1.807, 2.05) is 6.07 Å². The molecular weight excluding hydrogens is 454 g/mol. The zero-order valence-corrected chi connectivity index (χ0v) is 18.4. The molecule has 180 valence electrons.